The molecule has 0 aliphatic heterocycles. The van der Waals surface area contributed by atoms with E-state index in [-0.39, 0.29) is 16.8 Å². The summed E-state index contributed by atoms with van der Waals surface area (Å²) in [4.78, 5) is 27.1. The number of ketones is 1. The van der Waals surface area contributed by atoms with Crippen LogP contribution in [0, 0.1) is 42.0 Å². The highest BCUT2D eigenvalue weighted by atomic mass is 19.4. The zero-order valence-electron chi connectivity index (χ0n) is 14.8. The van der Waals surface area contributed by atoms with Gasteiger partial charge in [0.15, 0.2) is 29.0 Å². The number of halogens is 9. The molecule has 31 heavy (non-hydrogen) atoms. The predicted molar refractivity (Wildman–Crippen MR) is 83.5 cm³/mol. The zero-order chi connectivity index (χ0) is 23.4. The smallest absolute Gasteiger partial charge is 0.294 e. The van der Waals surface area contributed by atoms with Crippen LogP contribution in [0.4, 0.5) is 39.5 Å². The van der Waals surface area contributed by atoms with E-state index in [1.54, 1.807) is 0 Å². The van der Waals surface area contributed by atoms with Crippen LogP contribution >= 0.6 is 0 Å². The fourth-order valence-corrected chi connectivity index (χ4v) is 2.69. The molecule has 0 atom stereocenters. The third-order valence-corrected chi connectivity index (χ3v) is 4.05. The lowest BCUT2D eigenvalue weighted by Crippen LogP contribution is -2.25. The Bertz CT molecular complexity index is 1270. The van der Waals surface area contributed by atoms with Crippen LogP contribution in [0.3, 0.4) is 0 Å². The number of pyridine rings is 1. The summed E-state index contributed by atoms with van der Waals surface area (Å²) in [6.45, 7) is 0.958. The molecule has 1 aromatic carbocycles. The Hall–Kier alpha value is -3.58. The van der Waals surface area contributed by atoms with Gasteiger partial charge < -0.3 is 0 Å². The monoisotopic (exact) mass is 455 g/mol. The van der Waals surface area contributed by atoms with Crippen molar-refractivity contribution in [3.63, 3.8) is 0 Å². The molecule has 2 aromatic heterocycles. The standard InChI is InChI=1S/C17H6F9N3O2/c1-4-8(13(30)5-2-6(18)9(20)7(19)3-5)16(31)29(28-4)12-10(21)14(17(24,25)26)27-15(23)11(12)22/h2-3,28H,1H3. The summed E-state index contributed by atoms with van der Waals surface area (Å²) in [5, 5.41) is 1.89. The largest absolute Gasteiger partial charge is 0.436 e. The molecule has 0 unspecified atom stereocenters. The average molecular weight is 455 g/mol. The Morgan fingerprint density at radius 2 is 1.52 bits per heavy atom. The van der Waals surface area contributed by atoms with Crippen molar-refractivity contribution < 1.29 is 44.3 Å². The van der Waals surface area contributed by atoms with Gasteiger partial charge in [-0.1, -0.05) is 0 Å². The number of carbonyl (C=O) groups excluding carboxylic acids is 1. The number of hydrogen-bond acceptors (Lipinski definition) is 3. The molecule has 0 fully saturated rings. The molecule has 164 valence electrons. The van der Waals surface area contributed by atoms with Crippen LogP contribution in [-0.2, 0) is 6.18 Å². The van der Waals surface area contributed by atoms with Gasteiger partial charge in [-0.3, -0.25) is 14.7 Å². The number of rotatable bonds is 3. The highest BCUT2D eigenvalue weighted by Gasteiger charge is 2.40. The maximum Gasteiger partial charge on any atom is 0.436 e. The van der Waals surface area contributed by atoms with E-state index in [0.29, 0.717) is 0 Å². The lowest BCUT2D eigenvalue weighted by molar-refractivity contribution is -0.144. The topological polar surface area (TPSA) is 67.8 Å². The fourth-order valence-electron chi connectivity index (χ4n) is 2.69. The summed E-state index contributed by atoms with van der Waals surface area (Å²) in [7, 11) is 0. The number of nitrogens with zero attached hydrogens (tertiary/aromatic N) is 2. The van der Waals surface area contributed by atoms with E-state index >= 15 is 0 Å². The number of hydrogen-bond donors (Lipinski definition) is 1. The van der Waals surface area contributed by atoms with Crippen LogP contribution in [-0.4, -0.2) is 20.5 Å². The van der Waals surface area contributed by atoms with E-state index in [0.717, 1.165) is 6.92 Å². The van der Waals surface area contributed by atoms with Crippen molar-refractivity contribution in [2.24, 2.45) is 0 Å². The highest BCUT2D eigenvalue weighted by Crippen LogP contribution is 2.33. The van der Waals surface area contributed by atoms with Crippen molar-refractivity contribution in [2.45, 2.75) is 13.1 Å². The first kappa shape index (κ1) is 22.1. The minimum atomic E-state index is -5.57. The van der Waals surface area contributed by atoms with Crippen LogP contribution in [0.15, 0.2) is 16.9 Å². The van der Waals surface area contributed by atoms with Gasteiger partial charge in [-0.2, -0.15) is 22.0 Å². The van der Waals surface area contributed by atoms with Crippen LogP contribution in [0.25, 0.3) is 5.69 Å². The normalized spacial score (nSPS) is 11.8. The third-order valence-electron chi connectivity index (χ3n) is 4.05. The average Bonchev–Trinajstić information content (AvgIpc) is 2.95. The Kier molecular flexibility index (Phi) is 5.19. The Balaban J connectivity index is 2.26. The first-order valence-corrected chi connectivity index (χ1v) is 7.88. The van der Waals surface area contributed by atoms with Gasteiger partial charge >= 0.3 is 6.18 Å². The zero-order valence-corrected chi connectivity index (χ0v) is 14.8. The van der Waals surface area contributed by atoms with Crippen LogP contribution in [0.5, 0.6) is 0 Å². The lowest BCUT2D eigenvalue weighted by atomic mass is 10.0. The maximum atomic E-state index is 14.3. The Labute approximate surface area is 164 Å². The van der Waals surface area contributed by atoms with Crippen molar-refractivity contribution in [1.82, 2.24) is 14.8 Å². The second-order valence-corrected chi connectivity index (χ2v) is 6.06. The number of aromatic nitrogens is 3. The molecule has 0 amide bonds. The Morgan fingerprint density at radius 1 is 0.968 bits per heavy atom. The summed E-state index contributed by atoms with van der Waals surface area (Å²) in [6.07, 6.45) is -5.57. The summed E-state index contributed by atoms with van der Waals surface area (Å²) < 4.78 is 120. The van der Waals surface area contributed by atoms with Gasteiger partial charge in [0.25, 0.3) is 11.5 Å². The van der Waals surface area contributed by atoms with E-state index in [1.807, 2.05) is 5.10 Å². The molecule has 0 saturated carbocycles. The van der Waals surface area contributed by atoms with Gasteiger partial charge in [-0.25, -0.2) is 27.2 Å². The molecular formula is C17H6F9N3O2. The van der Waals surface area contributed by atoms with Gasteiger partial charge in [0.1, 0.15) is 11.3 Å². The van der Waals surface area contributed by atoms with Gasteiger partial charge in [0.2, 0.25) is 11.6 Å². The van der Waals surface area contributed by atoms with Gasteiger partial charge in [-0.15, -0.1) is 0 Å². The second kappa shape index (κ2) is 7.28. The third kappa shape index (κ3) is 3.57. The lowest BCUT2D eigenvalue weighted by Gasteiger charge is -2.12. The van der Waals surface area contributed by atoms with Crippen molar-refractivity contribution in [2.75, 3.05) is 0 Å². The minimum absolute atomic E-state index is 0.228. The molecule has 3 rings (SSSR count). The van der Waals surface area contributed by atoms with Crippen molar-refractivity contribution in [3.05, 3.63) is 80.0 Å². The molecule has 0 aliphatic rings. The molecule has 0 bridgehead atoms. The number of nitrogens with one attached hydrogen (secondary N) is 1. The van der Waals surface area contributed by atoms with E-state index in [1.165, 1.54) is 0 Å². The molecule has 0 spiro atoms. The first-order chi connectivity index (χ1) is 14.3. The van der Waals surface area contributed by atoms with Gasteiger partial charge in [0, 0.05) is 11.3 Å². The SMILES string of the molecule is Cc1[nH]n(-c2c(F)c(F)nc(C(F)(F)F)c2F)c(=O)c1C(=O)c1cc(F)c(F)c(F)c1. The number of aromatic amines is 1. The van der Waals surface area contributed by atoms with Gasteiger partial charge in [-0.05, 0) is 19.1 Å². The van der Waals surface area contributed by atoms with Gasteiger partial charge in [0.05, 0.1) is 0 Å². The van der Waals surface area contributed by atoms with E-state index in [2.05, 4.69) is 4.98 Å². The van der Waals surface area contributed by atoms with Crippen molar-refractivity contribution in [3.8, 4) is 5.69 Å². The number of carbonyl (C=O) groups is 1. The molecule has 14 heteroatoms. The number of benzene rings is 1. The molecule has 0 radical (unpaired) electrons. The molecule has 3 aromatic rings. The van der Waals surface area contributed by atoms with Crippen molar-refractivity contribution in [1.29, 1.82) is 0 Å². The molecular weight excluding hydrogens is 449 g/mol. The molecule has 0 aliphatic carbocycles. The summed E-state index contributed by atoms with van der Waals surface area (Å²) >= 11 is 0. The maximum absolute atomic E-state index is 14.3. The van der Waals surface area contributed by atoms with Crippen molar-refractivity contribution >= 4 is 5.78 Å². The molecule has 1 N–H and O–H groups in total. The number of H-pyrrole nitrogens is 1. The number of alkyl halides is 3. The van der Waals surface area contributed by atoms with Crippen LogP contribution in [0.2, 0.25) is 0 Å². The second-order valence-electron chi connectivity index (χ2n) is 6.06. The summed E-state index contributed by atoms with van der Waals surface area (Å²) in [5.41, 5.74) is -8.41. The van der Waals surface area contributed by atoms with Crippen LogP contribution in [0.1, 0.15) is 27.3 Å². The summed E-state index contributed by atoms with van der Waals surface area (Å²) in [5.74, 6) is -14.1. The number of aryl methyl sites for hydroxylation is 1. The van der Waals surface area contributed by atoms with E-state index in [9.17, 15) is 49.1 Å². The Morgan fingerprint density at radius 3 is 2.03 bits per heavy atom. The molecule has 0 saturated heterocycles. The van der Waals surface area contributed by atoms with E-state index in [4.69, 9.17) is 0 Å². The van der Waals surface area contributed by atoms with E-state index < -0.39 is 80.8 Å². The minimum Gasteiger partial charge on any atom is -0.294 e. The molecule has 5 nitrogen and oxygen atoms in total. The molecule has 2 heterocycles. The fraction of sp³-hybridized carbons (Fsp3) is 0.118. The first-order valence-electron chi connectivity index (χ1n) is 7.88. The summed E-state index contributed by atoms with van der Waals surface area (Å²) in [6, 6.07) is 0.456. The van der Waals surface area contributed by atoms with Crippen LogP contribution < -0.4 is 5.56 Å². The highest BCUT2D eigenvalue weighted by molar-refractivity contribution is 6.09. The predicted octanol–water partition coefficient (Wildman–Crippen LogP) is 3.95. The quantitative estimate of drug-likeness (QED) is 0.282.